The maximum Gasteiger partial charge on any atom is 0.306 e. The second-order valence-electron chi connectivity index (χ2n) is 6.13. The molecule has 0 unspecified atom stereocenters. The Hall–Kier alpha value is -0.610. The summed E-state index contributed by atoms with van der Waals surface area (Å²) in [5.74, 6) is 0.388. The molecule has 0 spiro atoms. The number of carbonyl (C=O) groups excluding carboxylic acids is 1. The molecule has 1 saturated carbocycles. The Labute approximate surface area is 117 Å². The average Bonchev–Trinajstić information content (AvgIpc) is 2.39. The van der Waals surface area contributed by atoms with Crippen LogP contribution < -0.4 is 5.73 Å². The Balaban J connectivity index is 2.18. The lowest BCUT2D eigenvalue weighted by Crippen LogP contribution is -2.35. The number of nitrogens with two attached hydrogens (primary N) is 1. The molecule has 2 N–H and O–H groups in total. The van der Waals surface area contributed by atoms with Gasteiger partial charge in [-0.25, -0.2) is 0 Å². The van der Waals surface area contributed by atoms with Gasteiger partial charge in [-0.15, -0.1) is 0 Å². The predicted octanol–water partition coefficient (Wildman–Crippen LogP) is 2.50. The summed E-state index contributed by atoms with van der Waals surface area (Å²) >= 11 is 0. The number of esters is 1. The Kier molecular flexibility index (Phi) is 7.39. The van der Waals surface area contributed by atoms with Crippen molar-refractivity contribution in [3.63, 3.8) is 0 Å². The van der Waals surface area contributed by atoms with Gasteiger partial charge in [0, 0.05) is 6.61 Å². The predicted molar refractivity (Wildman–Crippen MR) is 75.8 cm³/mol. The fourth-order valence-corrected chi connectivity index (χ4v) is 2.65. The van der Waals surface area contributed by atoms with Crippen LogP contribution in [0.4, 0.5) is 0 Å². The standard InChI is InChI=1S/C15H29NO3/c1-13(2)11-18-8-9-19-14(17)10-15(12-16)6-4-3-5-7-15/h13H,3-12,16H2,1-2H3. The summed E-state index contributed by atoms with van der Waals surface area (Å²) in [6.07, 6.45) is 6.21. The van der Waals surface area contributed by atoms with Crippen LogP contribution in [0.1, 0.15) is 52.4 Å². The highest BCUT2D eigenvalue weighted by atomic mass is 16.6. The van der Waals surface area contributed by atoms with Gasteiger partial charge in [0.2, 0.25) is 0 Å². The maximum absolute atomic E-state index is 11.8. The molecule has 0 aliphatic heterocycles. The summed E-state index contributed by atoms with van der Waals surface area (Å²) < 4.78 is 10.6. The van der Waals surface area contributed by atoms with Gasteiger partial charge >= 0.3 is 5.97 Å². The SMILES string of the molecule is CC(C)COCCOC(=O)CC1(CN)CCCCC1. The molecule has 0 aromatic rings. The Morgan fingerprint density at radius 2 is 1.89 bits per heavy atom. The second-order valence-corrected chi connectivity index (χ2v) is 6.13. The van der Waals surface area contributed by atoms with Gasteiger partial charge in [0.1, 0.15) is 6.61 Å². The molecule has 0 aromatic heterocycles. The quantitative estimate of drug-likeness (QED) is 0.544. The topological polar surface area (TPSA) is 61.5 Å². The summed E-state index contributed by atoms with van der Waals surface area (Å²) in [5, 5.41) is 0. The molecule has 0 saturated heterocycles. The molecular weight excluding hydrogens is 242 g/mol. The van der Waals surface area contributed by atoms with Crippen LogP contribution in [0.25, 0.3) is 0 Å². The van der Waals surface area contributed by atoms with Crippen molar-refractivity contribution in [3.8, 4) is 0 Å². The summed E-state index contributed by atoms with van der Waals surface area (Å²) in [5.41, 5.74) is 5.86. The highest BCUT2D eigenvalue weighted by Crippen LogP contribution is 2.38. The molecule has 1 aliphatic rings. The van der Waals surface area contributed by atoms with E-state index in [-0.39, 0.29) is 11.4 Å². The van der Waals surface area contributed by atoms with Crippen molar-refractivity contribution in [3.05, 3.63) is 0 Å². The zero-order valence-electron chi connectivity index (χ0n) is 12.5. The smallest absolute Gasteiger partial charge is 0.306 e. The Bertz CT molecular complexity index is 260. The molecular formula is C15H29NO3. The first kappa shape index (κ1) is 16.4. The van der Waals surface area contributed by atoms with Crippen molar-refractivity contribution in [1.29, 1.82) is 0 Å². The molecule has 19 heavy (non-hydrogen) atoms. The molecule has 0 amide bonds. The summed E-state index contributed by atoms with van der Waals surface area (Å²) in [6.45, 7) is 6.34. The lowest BCUT2D eigenvalue weighted by Gasteiger charge is -2.35. The number of hydrogen-bond acceptors (Lipinski definition) is 4. The molecule has 4 nitrogen and oxygen atoms in total. The van der Waals surface area contributed by atoms with Gasteiger partial charge in [-0.2, -0.15) is 0 Å². The monoisotopic (exact) mass is 271 g/mol. The fourth-order valence-electron chi connectivity index (χ4n) is 2.65. The van der Waals surface area contributed by atoms with Gasteiger partial charge in [0.15, 0.2) is 0 Å². The van der Waals surface area contributed by atoms with E-state index in [2.05, 4.69) is 13.8 Å². The highest BCUT2D eigenvalue weighted by Gasteiger charge is 2.33. The average molecular weight is 271 g/mol. The van der Waals surface area contributed by atoms with E-state index in [0.29, 0.717) is 38.7 Å². The van der Waals surface area contributed by atoms with Crippen molar-refractivity contribution < 1.29 is 14.3 Å². The van der Waals surface area contributed by atoms with Crippen LogP contribution in [0.15, 0.2) is 0 Å². The number of carbonyl (C=O) groups is 1. The normalized spacial score (nSPS) is 18.5. The van der Waals surface area contributed by atoms with Crippen molar-refractivity contribution >= 4 is 5.97 Å². The summed E-state index contributed by atoms with van der Waals surface area (Å²) in [4.78, 5) is 11.8. The highest BCUT2D eigenvalue weighted by molar-refractivity contribution is 5.70. The maximum atomic E-state index is 11.8. The molecule has 112 valence electrons. The van der Waals surface area contributed by atoms with Gasteiger partial charge in [0.25, 0.3) is 0 Å². The van der Waals surface area contributed by atoms with E-state index in [1.54, 1.807) is 0 Å². The molecule has 1 rings (SSSR count). The van der Waals surface area contributed by atoms with E-state index >= 15 is 0 Å². The first-order valence-corrected chi connectivity index (χ1v) is 7.51. The second kappa shape index (κ2) is 8.54. The lowest BCUT2D eigenvalue weighted by atomic mass is 9.72. The minimum absolute atomic E-state index is 0.00583. The van der Waals surface area contributed by atoms with Crippen LogP contribution in [0.3, 0.4) is 0 Å². The van der Waals surface area contributed by atoms with Crippen molar-refractivity contribution in [2.45, 2.75) is 52.4 Å². The van der Waals surface area contributed by atoms with Crippen LogP contribution in [-0.4, -0.2) is 32.3 Å². The van der Waals surface area contributed by atoms with E-state index in [9.17, 15) is 4.79 Å². The van der Waals surface area contributed by atoms with Crippen molar-refractivity contribution in [1.82, 2.24) is 0 Å². The van der Waals surface area contributed by atoms with Crippen molar-refractivity contribution in [2.24, 2.45) is 17.1 Å². The van der Waals surface area contributed by atoms with Crippen LogP contribution in [0.5, 0.6) is 0 Å². The first-order chi connectivity index (χ1) is 9.08. The molecule has 4 heteroatoms. The lowest BCUT2D eigenvalue weighted by molar-refractivity contribution is -0.148. The van der Waals surface area contributed by atoms with Crippen LogP contribution in [-0.2, 0) is 14.3 Å². The van der Waals surface area contributed by atoms with E-state index in [1.807, 2.05) is 0 Å². The van der Waals surface area contributed by atoms with E-state index in [4.69, 9.17) is 15.2 Å². The zero-order chi connectivity index (χ0) is 14.1. The molecule has 1 fully saturated rings. The van der Waals surface area contributed by atoms with E-state index in [1.165, 1.54) is 19.3 Å². The largest absolute Gasteiger partial charge is 0.463 e. The molecule has 0 atom stereocenters. The number of ether oxygens (including phenoxy) is 2. The van der Waals surface area contributed by atoms with Gasteiger partial charge in [0.05, 0.1) is 13.0 Å². The van der Waals surface area contributed by atoms with Gasteiger partial charge in [-0.1, -0.05) is 33.1 Å². The van der Waals surface area contributed by atoms with Gasteiger partial charge in [-0.3, -0.25) is 4.79 Å². The van der Waals surface area contributed by atoms with Gasteiger partial charge < -0.3 is 15.2 Å². The van der Waals surface area contributed by atoms with E-state index in [0.717, 1.165) is 12.8 Å². The fraction of sp³-hybridized carbons (Fsp3) is 0.933. The Morgan fingerprint density at radius 3 is 2.47 bits per heavy atom. The minimum Gasteiger partial charge on any atom is -0.463 e. The van der Waals surface area contributed by atoms with Crippen LogP contribution >= 0.6 is 0 Å². The first-order valence-electron chi connectivity index (χ1n) is 7.51. The third-order valence-electron chi connectivity index (χ3n) is 3.81. The summed E-state index contributed by atoms with van der Waals surface area (Å²) in [6, 6.07) is 0. The Morgan fingerprint density at radius 1 is 1.21 bits per heavy atom. The number of rotatable bonds is 8. The molecule has 0 heterocycles. The molecule has 0 aromatic carbocycles. The third kappa shape index (κ3) is 6.39. The molecule has 0 radical (unpaired) electrons. The molecule has 0 bridgehead atoms. The van der Waals surface area contributed by atoms with Crippen LogP contribution in [0.2, 0.25) is 0 Å². The third-order valence-corrected chi connectivity index (χ3v) is 3.81. The zero-order valence-corrected chi connectivity index (χ0v) is 12.5. The van der Waals surface area contributed by atoms with Crippen LogP contribution in [0, 0.1) is 11.3 Å². The molecule has 1 aliphatic carbocycles. The minimum atomic E-state index is -0.125. The van der Waals surface area contributed by atoms with Crippen molar-refractivity contribution in [2.75, 3.05) is 26.4 Å². The van der Waals surface area contributed by atoms with Gasteiger partial charge in [-0.05, 0) is 30.7 Å². The summed E-state index contributed by atoms with van der Waals surface area (Å²) in [7, 11) is 0. The number of hydrogen-bond donors (Lipinski definition) is 1. The van der Waals surface area contributed by atoms with E-state index < -0.39 is 0 Å².